The van der Waals surface area contributed by atoms with Crippen LogP contribution in [0, 0.1) is 0 Å². The molecule has 0 aromatic carbocycles. The van der Waals surface area contributed by atoms with Gasteiger partial charge in [0.25, 0.3) is 0 Å². The van der Waals surface area contributed by atoms with E-state index in [1.54, 1.807) is 0 Å². The first-order valence-electron chi connectivity index (χ1n) is 6.77. The Morgan fingerprint density at radius 3 is 2.52 bits per heavy atom. The molecule has 116 valence electrons. The zero-order valence-corrected chi connectivity index (χ0v) is 12.0. The van der Waals surface area contributed by atoms with Gasteiger partial charge in [-0.3, -0.25) is 0 Å². The fourth-order valence-corrected chi connectivity index (χ4v) is 3.58. The predicted molar refractivity (Wildman–Crippen MR) is 72.5 cm³/mol. The molecule has 2 amide bonds. The molecule has 0 atom stereocenters. The molecule has 2 fully saturated rings. The monoisotopic (exact) mass is 320 g/mol. The molecule has 9 heteroatoms. The van der Waals surface area contributed by atoms with Gasteiger partial charge in [0.15, 0.2) is 5.13 Å². The molecule has 5 nitrogen and oxygen atoms in total. The number of nitrogens with zero attached hydrogens (tertiary/aromatic N) is 3. The van der Waals surface area contributed by atoms with Crippen LogP contribution in [0.15, 0.2) is 6.20 Å². The van der Waals surface area contributed by atoms with E-state index in [-0.39, 0.29) is 12.1 Å². The predicted octanol–water partition coefficient (Wildman–Crippen LogP) is 2.16. The molecule has 0 unspecified atom stereocenters. The Labute approximate surface area is 123 Å². The number of carbonyl (C=O) groups is 1. The molecule has 0 bridgehead atoms. The van der Waals surface area contributed by atoms with Crippen molar-refractivity contribution in [3.05, 3.63) is 11.1 Å². The standard InChI is InChI=1S/C12H15F3N4OS/c13-12(14,15)9-7-17-11(21-9)18-4-1-8(2-5-18)19-6-3-16-10(19)20/h7-8H,1-6H2,(H,16,20). The minimum atomic E-state index is -4.33. The minimum Gasteiger partial charge on any atom is -0.348 e. The van der Waals surface area contributed by atoms with E-state index in [1.807, 2.05) is 9.80 Å². The van der Waals surface area contributed by atoms with Crippen molar-refractivity contribution >= 4 is 22.5 Å². The lowest BCUT2D eigenvalue weighted by Gasteiger charge is -2.35. The molecule has 21 heavy (non-hydrogen) atoms. The Kier molecular flexibility index (Phi) is 3.68. The summed E-state index contributed by atoms with van der Waals surface area (Å²) in [5.74, 6) is 0. The molecule has 1 N–H and O–H groups in total. The van der Waals surface area contributed by atoms with Gasteiger partial charge in [-0.2, -0.15) is 13.2 Å². The molecular formula is C12H15F3N4OS. The number of halogens is 3. The second-order valence-electron chi connectivity index (χ2n) is 5.15. The molecule has 1 aromatic heterocycles. The van der Waals surface area contributed by atoms with Gasteiger partial charge in [-0.1, -0.05) is 11.3 Å². The van der Waals surface area contributed by atoms with Gasteiger partial charge in [0.2, 0.25) is 0 Å². The van der Waals surface area contributed by atoms with Gasteiger partial charge in [0, 0.05) is 32.2 Å². The van der Waals surface area contributed by atoms with Gasteiger partial charge in [-0.05, 0) is 12.8 Å². The van der Waals surface area contributed by atoms with Crippen molar-refractivity contribution in [3.63, 3.8) is 0 Å². The first kappa shape index (κ1) is 14.4. The van der Waals surface area contributed by atoms with Crippen LogP contribution in [0.5, 0.6) is 0 Å². The maximum atomic E-state index is 12.6. The number of thiazole rings is 1. The Bertz CT molecular complexity index is 525. The zero-order valence-electron chi connectivity index (χ0n) is 11.2. The number of anilines is 1. The van der Waals surface area contributed by atoms with Crippen LogP contribution in [0.3, 0.4) is 0 Å². The van der Waals surface area contributed by atoms with E-state index in [9.17, 15) is 18.0 Å². The van der Waals surface area contributed by atoms with Gasteiger partial charge in [0.1, 0.15) is 4.88 Å². The normalized spacial score (nSPS) is 21.0. The maximum absolute atomic E-state index is 12.6. The van der Waals surface area contributed by atoms with Gasteiger partial charge in [-0.15, -0.1) is 0 Å². The Balaban J connectivity index is 1.61. The summed E-state index contributed by atoms with van der Waals surface area (Å²) in [4.78, 5) is 18.5. The lowest BCUT2D eigenvalue weighted by Crippen LogP contribution is -2.46. The molecule has 0 aliphatic carbocycles. The number of rotatable bonds is 2. The van der Waals surface area contributed by atoms with Gasteiger partial charge < -0.3 is 15.1 Å². The maximum Gasteiger partial charge on any atom is 0.427 e. The molecule has 2 aliphatic heterocycles. The first-order valence-corrected chi connectivity index (χ1v) is 7.59. The number of urea groups is 1. The number of carbonyl (C=O) groups excluding carboxylic acids is 1. The summed E-state index contributed by atoms with van der Waals surface area (Å²) in [5.41, 5.74) is 0. The molecule has 0 spiro atoms. The highest BCUT2D eigenvalue weighted by atomic mass is 32.1. The lowest BCUT2D eigenvalue weighted by molar-refractivity contribution is -0.134. The SMILES string of the molecule is O=C1NCCN1C1CCN(c2ncc(C(F)(F)F)s2)CC1. The van der Waals surface area contributed by atoms with Gasteiger partial charge in [0.05, 0.1) is 6.20 Å². The summed E-state index contributed by atoms with van der Waals surface area (Å²) in [7, 11) is 0. The third-order valence-electron chi connectivity index (χ3n) is 3.84. The van der Waals surface area contributed by atoms with E-state index in [0.717, 1.165) is 19.0 Å². The number of piperidine rings is 1. The highest BCUT2D eigenvalue weighted by molar-refractivity contribution is 7.15. The van der Waals surface area contributed by atoms with Crippen LogP contribution in [-0.4, -0.2) is 48.1 Å². The van der Waals surface area contributed by atoms with Crippen LogP contribution in [0.4, 0.5) is 23.1 Å². The Morgan fingerprint density at radius 1 is 1.29 bits per heavy atom. The van der Waals surface area contributed by atoms with Crippen molar-refractivity contribution in [2.45, 2.75) is 25.1 Å². The number of amides is 2. The highest BCUT2D eigenvalue weighted by Crippen LogP contribution is 2.37. The van der Waals surface area contributed by atoms with Crippen LogP contribution in [-0.2, 0) is 6.18 Å². The second-order valence-corrected chi connectivity index (χ2v) is 6.16. The Hall–Kier alpha value is -1.51. The largest absolute Gasteiger partial charge is 0.427 e. The number of hydrogen-bond donors (Lipinski definition) is 1. The summed E-state index contributed by atoms with van der Waals surface area (Å²) in [6, 6.07) is 0.132. The zero-order chi connectivity index (χ0) is 15.0. The fraction of sp³-hybridized carbons (Fsp3) is 0.667. The van der Waals surface area contributed by atoms with Crippen LogP contribution >= 0.6 is 11.3 Å². The van der Waals surface area contributed by atoms with E-state index in [2.05, 4.69) is 10.3 Å². The third kappa shape index (κ3) is 2.92. The van der Waals surface area contributed by atoms with Crippen molar-refractivity contribution in [3.8, 4) is 0 Å². The van der Waals surface area contributed by atoms with Crippen molar-refractivity contribution in [2.24, 2.45) is 0 Å². The van der Waals surface area contributed by atoms with Gasteiger partial charge in [-0.25, -0.2) is 9.78 Å². The molecular weight excluding hydrogens is 305 g/mol. The summed E-state index contributed by atoms with van der Waals surface area (Å²) >= 11 is 0.677. The first-order chi connectivity index (χ1) is 9.95. The topological polar surface area (TPSA) is 48.5 Å². The molecule has 0 radical (unpaired) electrons. The third-order valence-corrected chi connectivity index (χ3v) is 4.94. The van der Waals surface area contributed by atoms with E-state index >= 15 is 0 Å². The molecule has 2 saturated heterocycles. The molecule has 1 aromatic rings. The van der Waals surface area contributed by atoms with Crippen molar-refractivity contribution < 1.29 is 18.0 Å². The average Bonchev–Trinajstić information content (AvgIpc) is 3.07. The van der Waals surface area contributed by atoms with Crippen LogP contribution in [0.1, 0.15) is 17.7 Å². The summed E-state index contributed by atoms with van der Waals surface area (Å²) in [5, 5.41) is 3.18. The smallest absolute Gasteiger partial charge is 0.348 e. The van der Waals surface area contributed by atoms with E-state index in [4.69, 9.17) is 0 Å². The number of hydrogen-bond acceptors (Lipinski definition) is 4. The average molecular weight is 320 g/mol. The van der Waals surface area contributed by atoms with Crippen molar-refractivity contribution in [2.75, 3.05) is 31.1 Å². The fourth-order valence-electron chi connectivity index (χ4n) is 2.75. The van der Waals surface area contributed by atoms with E-state index < -0.39 is 11.1 Å². The number of nitrogens with one attached hydrogen (secondary N) is 1. The van der Waals surface area contributed by atoms with Gasteiger partial charge >= 0.3 is 12.2 Å². The summed E-state index contributed by atoms with van der Waals surface area (Å²) in [6.07, 6.45) is -1.93. The quantitative estimate of drug-likeness (QED) is 0.908. The molecule has 3 heterocycles. The van der Waals surface area contributed by atoms with Crippen molar-refractivity contribution in [1.82, 2.24) is 15.2 Å². The second kappa shape index (κ2) is 5.36. The summed E-state index contributed by atoms with van der Waals surface area (Å²) < 4.78 is 37.7. The summed E-state index contributed by atoms with van der Waals surface area (Å²) in [6.45, 7) is 2.62. The number of aromatic nitrogens is 1. The van der Waals surface area contributed by atoms with Crippen molar-refractivity contribution in [1.29, 1.82) is 0 Å². The highest BCUT2D eigenvalue weighted by Gasteiger charge is 2.35. The minimum absolute atomic E-state index is 0.0398. The van der Waals surface area contributed by atoms with E-state index in [1.165, 1.54) is 0 Å². The van der Waals surface area contributed by atoms with E-state index in [0.29, 0.717) is 42.6 Å². The molecule has 3 rings (SSSR count). The number of alkyl halides is 3. The Morgan fingerprint density at radius 2 is 2.00 bits per heavy atom. The molecule has 2 aliphatic rings. The lowest BCUT2D eigenvalue weighted by atomic mass is 10.0. The molecule has 0 saturated carbocycles. The van der Waals surface area contributed by atoms with Crippen LogP contribution in [0.2, 0.25) is 0 Å². The van der Waals surface area contributed by atoms with Crippen LogP contribution < -0.4 is 10.2 Å². The van der Waals surface area contributed by atoms with Crippen LogP contribution in [0.25, 0.3) is 0 Å².